The molecule has 0 radical (unpaired) electrons. The number of furan rings is 1. The lowest BCUT2D eigenvalue weighted by molar-refractivity contribution is 0.0734. The third kappa shape index (κ3) is 2.56. The first-order valence-electron chi connectivity index (χ1n) is 7.44. The lowest BCUT2D eigenvalue weighted by Crippen LogP contribution is -2.30. The highest BCUT2D eigenvalue weighted by molar-refractivity contribution is 5.96. The van der Waals surface area contributed by atoms with E-state index in [1.165, 1.54) is 5.56 Å². The molecule has 1 aromatic carbocycles. The highest BCUT2D eigenvalue weighted by atomic mass is 16.3. The number of carbonyl (C=O) groups is 1. The summed E-state index contributed by atoms with van der Waals surface area (Å²) in [6, 6.07) is 5.84. The molecule has 2 unspecified atom stereocenters. The normalized spacial score (nSPS) is 20.2. The lowest BCUT2D eigenvalue weighted by Gasteiger charge is -2.16. The van der Waals surface area contributed by atoms with Crippen molar-refractivity contribution in [2.75, 3.05) is 13.1 Å². The van der Waals surface area contributed by atoms with Gasteiger partial charge in [-0.2, -0.15) is 0 Å². The van der Waals surface area contributed by atoms with Gasteiger partial charge in [-0.1, -0.05) is 0 Å². The van der Waals surface area contributed by atoms with Crippen LogP contribution in [0.4, 0.5) is 0 Å². The van der Waals surface area contributed by atoms with Gasteiger partial charge in [0.2, 0.25) is 0 Å². The number of benzene rings is 1. The van der Waals surface area contributed by atoms with Crippen LogP contribution in [0.3, 0.4) is 0 Å². The molecule has 2 atom stereocenters. The average molecular weight is 287 g/mol. The van der Waals surface area contributed by atoms with Crippen molar-refractivity contribution in [1.29, 1.82) is 0 Å². The Morgan fingerprint density at radius 1 is 1.33 bits per heavy atom. The molecule has 4 nitrogen and oxygen atoms in total. The monoisotopic (exact) mass is 287 g/mol. The summed E-state index contributed by atoms with van der Waals surface area (Å²) in [7, 11) is 0. The minimum absolute atomic E-state index is 0.0790. The fourth-order valence-corrected chi connectivity index (χ4v) is 2.93. The summed E-state index contributed by atoms with van der Waals surface area (Å²) in [4.78, 5) is 14.3. The van der Waals surface area contributed by atoms with Gasteiger partial charge < -0.3 is 14.4 Å². The molecule has 1 aliphatic rings. The topological polar surface area (TPSA) is 53.7 Å². The average Bonchev–Trinajstić information content (AvgIpc) is 3.05. The Balaban J connectivity index is 1.85. The van der Waals surface area contributed by atoms with Gasteiger partial charge in [-0.25, -0.2) is 0 Å². The summed E-state index contributed by atoms with van der Waals surface area (Å²) in [5.41, 5.74) is 3.11. The molecule has 21 heavy (non-hydrogen) atoms. The van der Waals surface area contributed by atoms with Crippen molar-refractivity contribution in [2.45, 2.75) is 33.3 Å². The number of aliphatic hydroxyl groups excluding tert-OH is 1. The maximum Gasteiger partial charge on any atom is 0.289 e. The Labute approximate surface area is 124 Å². The Bertz CT molecular complexity index is 648. The number of rotatable bonds is 2. The smallest absolute Gasteiger partial charge is 0.289 e. The van der Waals surface area contributed by atoms with Crippen LogP contribution in [0.25, 0.3) is 11.0 Å². The van der Waals surface area contributed by atoms with Crippen molar-refractivity contribution in [3.8, 4) is 0 Å². The zero-order valence-corrected chi connectivity index (χ0v) is 12.7. The van der Waals surface area contributed by atoms with Crippen LogP contribution in [0.5, 0.6) is 0 Å². The molecule has 4 heteroatoms. The maximum atomic E-state index is 12.5. The van der Waals surface area contributed by atoms with E-state index in [1.807, 2.05) is 25.1 Å². The first-order valence-corrected chi connectivity index (χ1v) is 7.44. The van der Waals surface area contributed by atoms with Crippen LogP contribution >= 0.6 is 0 Å². The van der Waals surface area contributed by atoms with E-state index in [9.17, 15) is 9.90 Å². The highest BCUT2D eigenvalue weighted by Gasteiger charge is 2.31. The molecule has 0 aliphatic carbocycles. The Morgan fingerprint density at radius 2 is 2.05 bits per heavy atom. The van der Waals surface area contributed by atoms with Crippen molar-refractivity contribution in [3.05, 3.63) is 35.1 Å². The summed E-state index contributed by atoms with van der Waals surface area (Å²) < 4.78 is 5.72. The van der Waals surface area contributed by atoms with E-state index in [1.54, 1.807) is 11.8 Å². The summed E-state index contributed by atoms with van der Waals surface area (Å²) in [6.07, 6.45) is 0.478. The van der Waals surface area contributed by atoms with E-state index >= 15 is 0 Å². The molecule has 112 valence electrons. The van der Waals surface area contributed by atoms with Crippen molar-refractivity contribution in [3.63, 3.8) is 0 Å². The third-order valence-electron chi connectivity index (χ3n) is 4.54. The van der Waals surface area contributed by atoms with E-state index in [0.29, 0.717) is 18.8 Å². The molecule has 1 aliphatic heterocycles. The van der Waals surface area contributed by atoms with Gasteiger partial charge in [-0.3, -0.25) is 4.79 Å². The molecule has 0 spiro atoms. The van der Waals surface area contributed by atoms with Crippen LogP contribution in [0, 0.1) is 19.8 Å². The number of aryl methyl sites for hydroxylation is 2. The summed E-state index contributed by atoms with van der Waals surface area (Å²) in [5, 5.41) is 10.6. The van der Waals surface area contributed by atoms with Crippen LogP contribution in [0.2, 0.25) is 0 Å². The molecule has 1 saturated heterocycles. The molecule has 1 N–H and O–H groups in total. The SMILES string of the molecule is Cc1cc2cc(C(=O)N3CCC(C(C)O)C3)oc2cc1C. The predicted molar refractivity (Wildman–Crippen MR) is 81.4 cm³/mol. The minimum Gasteiger partial charge on any atom is -0.451 e. The highest BCUT2D eigenvalue weighted by Crippen LogP contribution is 2.26. The summed E-state index contributed by atoms with van der Waals surface area (Å²) in [5.74, 6) is 0.480. The van der Waals surface area contributed by atoms with E-state index < -0.39 is 0 Å². The minimum atomic E-state index is -0.372. The second-order valence-corrected chi connectivity index (χ2v) is 6.13. The van der Waals surface area contributed by atoms with Crippen molar-refractivity contribution in [1.82, 2.24) is 4.90 Å². The lowest BCUT2D eigenvalue weighted by atomic mass is 10.0. The van der Waals surface area contributed by atoms with Gasteiger partial charge in [0, 0.05) is 24.4 Å². The van der Waals surface area contributed by atoms with Crippen LogP contribution < -0.4 is 0 Å². The van der Waals surface area contributed by atoms with Gasteiger partial charge in [-0.05, 0) is 56.5 Å². The summed E-state index contributed by atoms with van der Waals surface area (Å²) in [6.45, 7) is 7.16. The fraction of sp³-hybridized carbons (Fsp3) is 0.471. The van der Waals surface area contributed by atoms with Crippen LogP contribution in [0.1, 0.15) is 35.0 Å². The third-order valence-corrected chi connectivity index (χ3v) is 4.54. The van der Waals surface area contributed by atoms with E-state index in [4.69, 9.17) is 4.42 Å². The first-order chi connectivity index (χ1) is 9.95. The first kappa shape index (κ1) is 14.1. The van der Waals surface area contributed by atoms with Crippen molar-refractivity contribution < 1.29 is 14.3 Å². The molecule has 2 heterocycles. The standard InChI is InChI=1S/C17H21NO3/c1-10-6-14-8-16(21-15(14)7-11(10)2)17(20)18-5-4-13(9-18)12(3)19/h6-8,12-13,19H,4-5,9H2,1-3H3. The molecule has 0 bridgehead atoms. The number of hydrogen-bond acceptors (Lipinski definition) is 3. The number of hydrogen-bond donors (Lipinski definition) is 1. The molecular weight excluding hydrogens is 266 g/mol. The van der Waals surface area contributed by atoms with Crippen LogP contribution in [-0.2, 0) is 0 Å². The van der Waals surface area contributed by atoms with Gasteiger partial charge in [0.1, 0.15) is 5.58 Å². The Hall–Kier alpha value is -1.81. The number of amides is 1. The van der Waals surface area contributed by atoms with Gasteiger partial charge in [0.25, 0.3) is 5.91 Å². The maximum absolute atomic E-state index is 12.5. The number of aliphatic hydroxyl groups is 1. The second-order valence-electron chi connectivity index (χ2n) is 6.13. The molecule has 3 rings (SSSR count). The molecule has 2 aromatic rings. The second kappa shape index (κ2) is 5.19. The zero-order valence-electron chi connectivity index (χ0n) is 12.7. The molecule has 1 aromatic heterocycles. The van der Waals surface area contributed by atoms with E-state index in [0.717, 1.165) is 23.0 Å². The number of likely N-dealkylation sites (tertiary alicyclic amines) is 1. The van der Waals surface area contributed by atoms with Crippen molar-refractivity contribution in [2.24, 2.45) is 5.92 Å². The van der Waals surface area contributed by atoms with Gasteiger partial charge in [-0.15, -0.1) is 0 Å². The van der Waals surface area contributed by atoms with Gasteiger partial charge in [0.15, 0.2) is 5.76 Å². The number of fused-ring (bicyclic) bond motifs is 1. The van der Waals surface area contributed by atoms with Gasteiger partial charge >= 0.3 is 0 Å². The Morgan fingerprint density at radius 3 is 2.71 bits per heavy atom. The molecule has 1 fully saturated rings. The molecular formula is C17H21NO3. The molecule has 1 amide bonds. The largest absolute Gasteiger partial charge is 0.451 e. The van der Waals surface area contributed by atoms with E-state index in [-0.39, 0.29) is 17.9 Å². The Kier molecular flexibility index (Phi) is 3.49. The zero-order chi connectivity index (χ0) is 15.1. The van der Waals surface area contributed by atoms with Gasteiger partial charge in [0.05, 0.1) is 6.10 Å². The van der Waals surface area contributed by atoms with Crippen LogP contribution in [0.15, 0.2) is 22.6 Å². The molecule has 0 saturated carbocycles. The van der Waals surface area contributed by atoms with Crippen molar-refractivity contribution >= 4 is 16.9 Å². The van der Waals surface area contributed by atoms with Crippen LogP contribution in [-0.4, -0.2) is 35.1 Å². The fourth-order valence-electron chi connectivity index (χ4n) is 2.93. The van der Waals surface area contributed by atoms with E-state index in [2.05, 4.69) is 6.92 Å². The summed E-state index contributed by atoms with van der Waals surface area (Å²) >= 11 is 0. The number of nitrogens with zero attached hydrogens (tertiary/aromatic N) is 1. The predicted octanol–water partition coefficient (Wildman–Crippen LogP) is 2.89. The quantitative estimate of drug-likeness (QED) is 0.924. The number of carbonyl (C=O) groups excluding carboxylic acids is 1.